The van der Waals surface area contributed by atoms with Crippen LogP contribution in [-0.2, 0) is 34.3 Å². The fourth-order valence-corrected chi connectivity index (χ4v) is 6.48. The summed E-state index contributed by atoms with van der Waals surface area (Å²) in [4.78, 5) is 18.7. The lowest BCUT2D eigenvalue weighted by Gasteiger charge is -2.33. The second-order valence-electron chi connectivity index (χ2n) is 6.40. The molecule has 1 fully saturated rings. The van der Waals surface area contributed by atoms with Crippen LogP contribution in [0.15, 0.2) is 21.7 Å². The topological polar surface area (TPSA) is 82.6 Å². The van der Waals surface area contributed by atoms with Crippen molar-refractivity contribution in [1.29, 1.82) is 0 Å². The molecule has 1 N–H and O–H groups in total. The van der Waals surface area contributed by atoms with E-state index in [1.165, 1.54) is 18.3 Å². The minimum Gasteiger partial charge on any atom is -0.351 e. The number of amides is 1. The molecule has 0 aromatic carbocycles. The molecule has 1 aliphatic rings. The highest BCUT2D eigenvalue weighted by molar-refractivity contribution is 7.91. The van der Waals surface area contributed by atoms with Gasteiger partial charge in [0.15, 0.2) is 0 Å². The van der Waals surface area contributed by atoms with Crippen LogP contribution in [0.1, 0.15) is 29.4 Å². The molecule has 0 atom stereocenters. The van der Waals surface area contributed by atoms with E-state index in [1.54, 1.807) is 27.8 Å². The number of hydrogen-bond acceptors (Lipinski definition) is 7. The molecule has 0 radical (unpaired) electrons. The Morgan fingerprint density at radius 2 is 2.00 bits per heavy atom. The van der Waals surface area contributed by atoms with E-state index in [0.717, 1.165) is 28.5 Å². The van der Waals surface area contributed by atoms with Gasteiger partial charge in [-0.05, 0) is 18.6 Å². The van der Waals surface area contributed by atoms with Crippen molar-refractivity contribution in [3.8, 4) is 0 Å². The van der Waals surface area contributed by atoms with Gasteiger partial charge in [0, 0.05) is 49.9 Å². The first kappa shape index (κ1) is 20.4. The monoisotopic (exact) mass is 428 g/mol. The van der Waals surface area contributed by atoms with Crippen LogP contribution in [0.25, 0.3) is 0 Å². The maximum absolute atomic E-state index is 12.9. The highest BCUT2D eigenvalue weighted by atomic mass is 32.2. The van der Waals surface area contributed by atoms with Crippen molar-refractivity contribution >= 4 is 38.6 Å². The highest BCUT2D eigenvalue weighted by Gasteiger charge is 2.29. The summed E-state index contributed by atoms with van der Waals surface area (Å²) in [5.74, 6) is -0.130. The molecule has 1 aliphatic heterocycles. The zero-order valence-corrected chi connectivity index (χ0v) is 17.9. The molecule has 3 heterocycles. The summed E-state index contributed by atoms with van der Waals surface area (Å²) in [6.07, 6.45) is 0.946. The van der Waals surface area contributed by atoms with Gasteiger partial charge in [0.1, 0.15) is 4.21 Å². The molecule has 2 aromatic rings. The fraction of sp³-hybridized carbons (Fsp3) is 0.529. The Labute approximate surface area is 168 Å². The Morgan fingerprint density at radius 1 is 1.26 bits per heavy atom. The fourth-order valence-electron chi connectivity index (χ4n) is 2.87. The number of piperazine rings is 1. The number of hydrogen-bond donors (Lipinski definition) is 1. The van der Waals surface area contributed by atoms with E-state index in [9.17, 15) is 13.2 Å². The van der Waals surface area contributed by atoms with Crippen molar-refractivity contribution < 1.29 is 13.2 Å². The van der Waals surface area contributed by atoms with E-state index >= 15 is 0 Å². The lowest BCUT2D eigenvalue weighted by Crippen LogP contribution is -2.48. The van der Waals surface area contributed by atoms with Crippen LogP contribution in [0, 0.1) is 0 Å². The third kappa shape index (κ3) is 5.14. The Balaban J connectivity index is 1.57. The molecule has 1 saturated heterocycles. The van der Waals surface area contributed by atoms with Crippen LogP contribution < -0.4 is 5.32 Å². The first-order valence-corrected chi connectivity index (χ1v) is 12.0. The molecule has 7 nitrogen and oxygen atoms in total. The average molecular weight is 429 g/mol. The maximum atomic E-state index is 12.9. The van der Waals surface area contributed by atoms with E-state index in [1.807, 2.05) is 0 Å². The van der Waals surface area contributed by atoms with Gasteiger partial charge in [-0.2, -0.15) is 4.31 Å². The molecular weight excluding hydrogens is 404 g/mol. The van der Waals surface area contributed by atoms with Crippen molar-refractivity contribution in [2.75, 3.05) is 26.2 Å². The number of nitrogens with zero attached hydrogens (tertiary/aromatic N) is 3. The smallest absolute Gasteiger partial charge is 0.252 e. The summed E-state index contributed by atoms with van der Waals surface area (Å²) in [7, 11) is -3.48. The lowest BCUT2D eigenvalue weighted by molar-refractivity contribution is -0.119. The first-order valence-electron chi connectivity index (χ1n) is 8.87. The van der Waals surface area contributed by atoms with Crippen molar-refractivity contribution in [2.45, 2.75) is 37.6 Å². The van der Waals surface area contributed by atoms with Gasteiger partial charge in [-0.15, -0.1) is 22.7 Å². The van der Waals surface area contributed by atoms with Gasteiger partial charge in [0.25, 0.3) is 10.0 Å². The van der Waals surface area contributed by atoms with E-state index < -0.39 is 10.0 Å². The number of nitrogens with one attached hydrogen (secondary N) is 1. The van der Waals surface area contributed by atoms with Gasteiger partial charge in [0.05, 0.1) is 17.2 Å². The van der Waals surface area contributed by atoms with E-state index in [2.05, 4.69) is 27.5 Å². The summed E-state index contributed by atoms with van der Waals surface area (Å²) < 4.78 is 27.6. The molecule has 0 unspecified atom stereocenters. The van der Waals surface area contributed by atoms with Gasteiger partial charge >= 0.3 is 0 Å². The van der Waals surface area contributed by atoms with E-state index in [-0.39, 0.29) is 5.91 Å². The first-order chi connectivity index (χ1) is 12.9. The van der Waals surface area contributed by atoms with Crippen LogP contribution in [0.2, 0.25) is 0 Å². The molecule has 0 aliphatic carbocycles. The van der Waals surface area contributed by atoms with Crippen LogP contribution in [0.3, 0.4) is 0 Å². The molecular formula is C17H24N4O3S3. The highest BCUT2D eigenvalue weighted by Crippen LogP contribution is 2.26. The Bertz CT molecular complexity index is 883. The average Bonchev–Trinajstić information content (AvgIpc) is 3.30. The van der Waals surface area contributed by atoms with Crippen LogP contribution in [0.5, 0.6) is 0 Å². The number of aromatic nitrogens is 1. The third-order valence-electron chi connectivity index (χ3n) is 4.36. The van der Waals surface area contributed by atoms with Gasteiger partial charge in [-0.1, -0.05) is 6.92 Å². The second kappa shape index (κ2) is 8.78. The van der Waals surface area contributed by atoms with Gasteiger partial charge in [0.2, 0.25) is 5.91 Å². The normalized spacial score (nSPS) is 16.5. The summed E-state index contributed by atoms with van der Waals surface area (Å²) in [5.41, 5.74) is 1.06. The predicted octanol–water partition coefficient (Wildman–Crippen LogP) is 1.91. The quantitative estimate of drug-likeness (QED) is 0.728. The zero-order chi connectivity index (χ0) is 19.4. The van der Waals surface area contributed by atoms with Gasteiger partial charge < -0.3 is 5.32 Å². The van der Waals surface area contributed by atoms with Crippen molar-refractivity contribution in [2.24, 2.45) is 0 Å². The summed E-state index contributed by atoms with van der Waals surface area (Å²) in [5, 5.41) is 5.92. The predicted molar refractivity (Wildman–Crippen MR) is 107 cm³/mol. The van der Waals surface area contributed by atoms with Gasteiger partial charge in [-0.3, -0.25) is 9.69 Å². The Morgan fingerprint density at radius 3 is 2.63 bits per heavy atom. The van der Waals surface area contributed by atoms with Crippen molar-refractivity contribution in [3.63, 3.8) is 0 Å². The van der Waals surface area contributed by atoms with Crippen molar-refractivity contribution in [3.05, 3.63) is 33.1 Å². The number of thiophene rings is 1. The second-order valence-corrected chi connectivity index (χ2v) is 10.7. The molecule has 0 spiro atoms. The number of carbonyl (C=O) groups excluding carboxylic acids is 1. The lowest BCUT2D eigenvalue weighted by atomic mass is 10.3. The van der Waals surface area contributed by atoms with E-state index in [4.69, 9.17) is 0 Å². The summed E-state index contributed by atoms with van der Waals surface area (Å²) in [6, 6.07) is 3.39. The summed E-state index contributed by atoms with van der Waals surface area (Å²) in [6.45, 7) is 7.02. The zero-order valence-electron chi connectivity index (χ0n) is 15.5. The van der Waals surface area contributed by atoms with Crippen molar-refractivity contribution in [1.82, 2.24) is 19.5 Å². The molecule has 27 heavy (non-hydrogen) atoms. The maximum Gasteiger partial charge on any atom is 0.252 e. The molecule has 0 saturated carbocycles. The minimum atomic E-state index is -3.48. The molecule has 2 aromatic heterocycles. The molecule has 0 bridgehead atoms. The van der Waals surface area contributed by atoms with Crippen LogP contribution in [-0.4, -0.2) is 54.7 Å². The molecule has 3 rings (SSSR count). The van der Waals surface area contributed by atoms with Gasteiger partial charge in [-0.25, -0.2) is 13.4 Å². The van der Waals surface area contributed by atoms with Crippen LogP contribution in [0.4, 0.5) is 0 Å². The number of carbonyl (C=O) groups is 1. The number of rotatable bonds is 7. The number of thiazole rings is 1. The summed E-state index contributed by atoms with van der Waals surface area (Å²) >= 11 is 2.90. The Hall–Kier alpha value is -1.33. The Kier molecular flexibility index (Phi) is 6.64. The number of sulfonamides is 1. The minimum absolute atomic E-state index is 0.130. The van der Waals surface area contributed by atoms with E-state index in [0.29, 0.717) is 36.9 Å². The molecule has 10 heteroatoms. The number of aryl methyl sites for hydroxylation is 1. The molecule has 148 valence electrons. The standard InChI is InChI=1S/C17H24N4O3S3/c1-3-16-19-14(12-25-16)11-20-6-8-21(9-7-20)27(23,24)17-5-4-15(26-17)10-18-13(2)22/h4-5,12H,3,6-11H2,1-2H3,(H,18,22). The third-order valence-corrected chi connectivity index (χ3v) is 8.85. The molecule has 1 amide bonds. The van der Waals surface area contributed by atoms with Crippen LogP contribution >= 0.6 is 22.7 Å². The SMILES string of the molecule is CCc1nc(CN2CCN(S(=O)(=O)c3ccc(CNC(C)=O)s3)CC2)cs1. The largest absolute Gasteiger partial charge is 0.351 e.